The molecule has 1 aromatic heterocycles. The van der Waals surface area contributed by atoms with Crippen molar-refractivity contribution < 1.29 is 13.2 Å². The number of rotatable bonds is 7. The molecule has 1 aliphatic heterocycles. The number of aromatic nitrogens is 2. The molecule has 6 nitrogen and oxygen atoms in total. The highest BCUT2D eigenvalue weighted by molar-refractivity contribution is 8.00. The number of fused-ring (bicyclic) bond motifs is 1. The van der Waals surface area contributed by atoms with Gasteiger partial charge in [0.1, 0.15) is 0 Å². The van der Waals surface area contributed by atoms with Crippen LogP contribution >= 0.6 is 11.8 Å². The molecule has 4 rings (SSSR count). The number of nitrogens with one attached hydrogen (secondary N) is 1. The lowest BCUT2D eigenvalue weighted by atomic mass is 10.1. The minimum Gasteiger partial charge on any atom is -0.351 e. The summed E-state index contributed by atoms with van der Waals surface area (Å²) in [6.45, 7) is 2.60. The number of benzene rings is 2. The summed E-state index contributed by atoms with van der Waals surface area (Å²) in [5, 5.41) is 3.31. The Labute approximate surface area is 181 Å². The van der Waals surface area contributed by atoms with E-state index < -0.39 is 9.84 Å². The number of thioether (sulfide) groups is 1. The number of carbonyl (C=O) groups excluding carboxylic acids is 1. The molecule has 2 aromatic carbocycles. The molecule has 3 aromatic rings. The molecule has 1 fully saturated rings. The number of hydrogen-bond donors (Lipinski definition) is 1. The number of aryl methyl sites for hydroxylation is 2. The van der Waals surface area contributed by atoms with Crippen molar-refractivity contribution in [2.45, 2.75) is 42.8 Å². The van der Waals surface area contributed by atoms with Crippen LogP contribution < -0.4 is 5.32 Å². The van der Waals surface area contributed by atoms with Gasteiger partial charge in [-0.05, 0) is 37.5 Å². The monoisotopic (exact) mass is 443 g/mol. The Hall–Kier alpha value is -2.32. The van der Waals surface area contributed by atoms with Crippen molar-refractivity contribution in [2.75, 3.05) is 11.5 Å². The highest BCUT2D eigenvalue weighted by Crippen LogP contribution is 2.28. The second kappa shape index (κ2) is 8.81. The van der Waals surface area contributed by atoms with Crippen LogP contribution in [0.3, 0.4) is 0 Å². The molecular weight excluding hydrogens is 418 g/mol. The van der Waals surface area contributed by atoms with Crippen molar-refractivity contribution in [3.8, 4) is 0 Å². The van der Waals surface area contributed by atoms with E-state index in [1.54, 1.807) is 0 Å². The van der Waals surface area contributed by atoms with Crippen LogP contribution in [-0.4, -0.2) is 46.7 Å². The van der Waals surface area contributed by atoms with E-state index in [1.165, 1.54) is 17.3 Å². The van der Waals surface area contributed by atoms with Gasteiger partial charge in [0, 0.05) is 12.6 Å². The van der Waals surface area contributed by atoms with Gasteiger partial charge < -0.3 is 9.88 Å². The molecule has 158 valence electrons. The number of hydrogen-bond acceptors (Lipinski definition) is 5. The van der Waals surface area contributed by atoms with Crippen LogP contribution in [0.25, 0.3) is 11.0 Å². The first-order chi connectivity index (χ1) is 14.4. The van der Waals surface area contributed by atoms with E-state index in [2.05, 4.69) is 22.0 Å². The summed E-state index contributed by atoms with van der Waals surface area (Å²) in [6, 6.07) is 18.0. The zero-order valence-electron chi connectivity index (χ0n) is 16.8. The van der Waals surface area contributed by atoms with Gasteiger partial charge in [-0.25, -0.2) is 13.4 Å². The standard InChI is InChI=1S/C22H25N3O3S2/c1-16(21(26)23-18-12-14-30(27,28)15-18)29-22-24-19-9-5-6-10-20(19)25(22)13-11-17-7-3-2-4-8-17/h2-10,16,18H,11-15H2,1H3,(H,23,26)/t16-,18-/m0/s1. The molecule has 1 saturated heterocycles. The third kappa shape index (κ3) is 4.87. The average molecular weight is 444 g/mol. The summed E-state index contributed by atoms with van der Waals surface area (Å²) < 4.78 is 25.5. The molecule has 0 unspecified atom stereocenters. The van der Waals surface area contributed by atoms with Crippen molar-refractivity contribution in [1.82, 2.24) is 14.9 Å². The van der Waals surface area contributed by atoms with Crippen LogP contribution in [0.5, 0.6) is 0 Å². The van der Waals surface area contributed by atoms with Crippen LogP contribution in [0.15, 0.2) is 59.8 Å². The van der Waals surface area contributed by atoms with Gasteiger partial charge in [-0.3, -0.25) is 4.79 Å². The topological polar surface area (TPSA) is 81.1 Å². The number of para-hydroxylation sites is 2. The number of amides is 1. The van der Waals surface area contributed by atoms with E-state index in [4.69, 9.17) is 4.98 Å². The van der Waals surface area contributed by atoms with Crippen molar-refractivity contribution in [1.29, 1.82) is 0 Å². The van der Waals surface area contributed by atoms with Crippen LogP contribution in [0.1, 0.15) is 18.9 Å². The first-order valence-electron chi connectivity index (χ1n) is 10.1. The fourth-order valence-corrected chi connectivity index (χ4v) is 6.32. The van der Waals surface area contributed by atoms with Crippen LogP contribution in [-0.2, 0) is 27.6 Å². The average Bonchev–Trinajstić information content (AvgIpc) is 3.25. The Morgan fingerprint density at radius 2 is 1.93 bits per heavy atom. The molecule has 0 bridgehead atoms. The molecule has 0 aliphatic carbocycles. The molecule has 30 heavy (non-hydrogen) atoms. The van der Waals surface area contributed by atoms with E-state index in [1.807, 2.05) is 49.4 Å². The molecule has 0 radical (unpaired) electrons. The predicted octanol–water partition coefficient (Wildman–Crippen LogP) is 3.06. The van der Waals surface area contributed by atoms with Gasteiger partial charge in [-0.2, -0.15) is 0 Å². The fourth-order valence-electron chi connectivity index (χ4n) is 3.68. The Morgan fingerprint density at radius 1 is 1.20 bits per heavy atom. The highest BCUT2D eigenvalue weighted by atomic mass is 32.2. The molecular formula is C22H25N3O3S2. The smallest absolute Gasteiger partial charge is 0.233 e. The lowest BCUT2D eigenvalue weighted by Gasteiger charge is -2.16. The summed E-state index contributed by atoms with van der Waals surface area (Å²) in [5.41, 5.74) is 3.20. The Morgan fingerprint density at radius 3 is 2.67 bits per heavy atom. The van der Waals surface area contributed by atoms with Gasteiger partial charge in [0.25, 0.3) is 0 Å². The summed E-state index contributed by atoms with van der Waals surface area (Å²) in [5.74, 6) is 0.0317. The normalized spacial score (nSPS) is 19.0. The lowest BCUT2D eigenvalue weighted by Crippen LogP contribution is -2.40. The quantitative estimate of drug-likeness (QED) is 0.568. The highest BCUT2D eigenvalue weighted by Gasteiger charge is 2.30. The predicted molar refractivity (Wildman–Crippen MR) is 120 cm³/mol. The Bertz CT molecular complexity index is 1140. The first-order valence-corrected chi connectivity index (χ1v) is 12.8. The maximum absolute atomic E-state index is 12.7. The molecule has 0 saturated carbocycles. The van der Waals surface area contributed by atoms with E-state index in [9.17, 15) is 13.2 Å². The molecule has 2 atom stereocenters. The second-order valence-electron chi connectivity index (χ2n) is 7.64. The lowest BCUT2D eigenvalue weighted by molar-refractivity contribution is -0.120. The van der Waals surface area contributed by atoms with E-state index >= 15 is 0 Å². The minimum absolute atomic E-state index is 0.0334. The number of imidazole rings is 1. The van der Waals surface area contributed by atoms with Gasteiger partial charge in [0.15, 0.2) is 15.0 Å². The molecule has 8 heteroatoms. The van der Waals surface area contributed by atoms with Gasteiger partial charge >= 0.3 is 0 Å². The Balaban J connectivity index is 1.49. The molecule has 0 spiro atoms. The van der Waals surface area contributed by atoms with Crippen molar-refractivity contribution in [3.05, 3.63) is 60.2 Å². The number of carbonyl (C=O) groups is 1. The van der Waals surface area contributed by atoms with Gasteiger partial charge in [-0.1, -0.05) is 54.2 Å². The zero-order valence-corrected chi connectivity index (χ0v) is 18.5. The summed E-state index contributed by atoms with van der Waals surface area (Å²) >= 11 is 1.41. The van der Waals surface area contributed by atoms with Crippen molar-refractivity contribution in [2.24, 2.45) is 0 Å². The number of sulfone groups is 1. The summed E-state index contributed by atoms with van der Waals surface area (Å²) in [7, 11) is -3.02. The van der Waals surface area contributed by atoms with E-state index in [0.29, 0.717) is 6.42 Å². The van der Waals surface area contributed by atoms with E-state index in [-0.39, 0.29) is 28.7 Å². The fraction of sp³-hybridized carbons (Fsp3) is 0.364. The van der Waals surface area contributed by atoms with E-state index in [0.717, 1.165) is 29.2 Å². The molecule has 1 amide bonds. The van der Waals surface area contributed by atoms with Gasteiger partial charge in [0.2, 0.25) is 5.91 Å². The molecule has 1 N–H and O–H groups in total. The molecule has 1 aliphatic rings. The SMILES string of the molecule is C[C@H](Sc1nc2ccccc2n1CCc1ccccc1)C(=O)N[C@H]1CCS(=O)(=O)C1. The maximum Gasteiger partial charge on any atom is 0.233 e. The van der Waals surface area contributed by atoms with Crippen LogP contribution in [0.2, 0.25) is 0 Å². The van der Waals surface area contributed by atoms with Crippen LogP contribution in [0, 0.1) is 0 Å². The largest absolute Gasteiger partial charge is 0.351 e. The van der Waals surface area contributed by atoms with Crippen molar-refractivity contribution in [3.63, 3.8) is 0 Å². The first kappa shape index (κ1) is 20.9. The van der Waals surface area contributed by atoms with Gasteiger partial charge in [0.05, 0.1) is 27.8 Å². The zero-order chi connectivity index (χ0) is 21.1. The summed E-state index contributed by atoms with van der Waals surface area (Å²) in [6.07, 6.45) is 1.36. The Kier molecular flexibility index (Phi) is 6.15. The third-order valence-corrected chi connectivity index (χ3v) is 8.17. The number of nitrogens with zero attached hydrogens (tertiary/aromatic N) is 2. The van der Waals surface area contributed by atoms with Crippen LogP contribution in [0.4, 0.5) is 0 Å². The maximum atomic E-state index is 12.7. The molecule has 2 heterocycles. The van der Waals surface area contributed by atoms with Crippen molar-refractivity contribution >= 4 is 38.5 Å². The summed E-state index contributed by atoms with van der Waals surface area (Å²) in [4.78, 5) is 17.4. The van der Waals surface area contributed by atoms with Gasteiger partial charge in [-0.15, -0.1) is 0 Å². The third-order valence-electron chi connectivity index (χ3n) is 5.32. The second-order valence-corrected chi connectivity index (χ2v) is 11.2. The minimum atomic E-state index is -3.02.